The first-order valence-electron chi connectivity index (χ1n) is 5.01. The zero-order valence-corrected chi connectivity index (χ0v) is 8.42. The van der Waals surface area contributed by atoms with Crippen LogP contribution in [-0.4, -0.2) is 10.9 Å². The van der Waals surface area contributed by atoms with Crippen molar-refractivity contribution in [3.8, 4) is 0 Å². The van der Waals surface area contributed by atoms with Crippen LogP contribution in [0.15, 0.2) is 6.07 Å². The second-order valence-corrected chi connectivity index (χ2v) is 3.71. The molecule has 1 aromatic heterocycles. The molecule has 0 aliphatic heterocycles. The minimum Gasteiger partial charge on any atom is -0.383 e. The molecule has 0 atom stereocenters. The smallest absolute Gasteiger partial charge is 0.268 e. The summed E-state index contributed by atoms with van der Waals surface area (Å²) in [4.78, 5) is 15.6. The Morgan fingerprint density at radius 2 is 2.13 bits per heavy atom. The topological polar surface area (TPSA) is 94.0 Å². The van der Waals surface area contributed by atoms with Crippen molar-refractivity contribution in [1.82, 2.24) is 10.4 Å². The Kier molecular flexibility index (Phi) is 2.55. The predicted octanol–water partition coefficient (Wildman–Crippen LogP) is 0.146. The summed E-state index contributed by atoms with van der Waals surface area (Å²) in [7, 11) is 0. The third kappa shape index (κ3) is 1.78. The van der Waals surface area contributed by atoms with Gasteiger partial charge in [0, 0.05) is 5.69 Å². The van der Waals surface area contributed by atoms with Crippen molar-refractivity contribution < 1.29 is 4.79 Å². The van der Waals surface area contributed by atoms with Gasteiger partial charge in [-0.1, -0.05) is 0 Å². The highest BCUT2D eigenvalue weighted by Crippen LogP contribution is 2.23. The Bertz CT molecular complexity index is 403. The minimum absolute atomic E-state index is 0.263. The SMILES string of the molecule is NNC(=O)c1cc2c(nc1N)CCCC2. The van der Waals surface area contributed by atoms with Crippen LogP contribution in [0.25, 0.3) is 0 Å². The molecule has 1 aliphatic rings. The number of pyridine rings is 1. The zero-order chi connectivity index (χ0) is 10.8. The van der Waals surface area contributed by atoms with Crippen LogP contribution in [-0.2, 0) is 12.8 Å². The molecule has 5 nitrogen and oxygen atoms in total. The van der Waals surface area contributed by atoms with E-state index >= 15 is 0 Å². The molecule has 0 spiro atoms. The first-order valence-corrected chi connectivity index (χ1v) is 5.01. The fraction of sp³-hybridized carbons (Fsp3) is 0.400. The Morgan fingerprint density at radius 3 is 2.87 bits per heavy atom. The number of hydrazine groups is 1. The van der Waals surface area contributed by atoms with Crippen molar-refractivity contribution in [3.63, 3.8) is 0 Å². The molecule has 1 heterocycles. The molecular weight excluding hydrogens is 192 g/mol. The van der Waals surface area contributed by atoms with Crippen molar-refractivity contribution in [2.24, 2.45) is 5.84 Å². The maximum Gasteiger partial charge on any atom is 0.268 e. The second kappa shape index (κ2) is 3.86. The molecule has 80 valence electrons. The number of hydrogen-bond donors (Lipinski definition) is 3. The quantitative estimate of drug-likeness (QED) is 0.346. The number of aryl methyl sites for hydroxylation is 2. The van der Waals surface area contributed by atoms with Crippen LogP contribution in [0.1, 0.15) is 34.5 Å². The fourth-order valence-electron chi connectivity index (χ4n) is 1.91. The van der Waals surface area contributed by atoms with Crippen LogP contribution in [0.4, 0.5) is 5.82 Å². The summed E-state index contributed by atoms with van der Waals surface area (Å²) in [6.45, 7) is 0. The van der Waals surface area contributed by atoms with E-state index in [1.54, 1.807) is 6.07 Å². The Balaban J connectivity index is 2.44. The van der Waals surface area contributed by atoms with Gasteiger partial charge in [0.15, 0.2) is 0 Å². The Labute approximate surface area is 87.8 Å². The minimum atomic E-state index is -0.381. The van der Waals surface area contributed by atoms with E-state index in [0.717, 1.165) is 36.9 Å². The number of nitrogens with two attached hydrogens (primary N) is 2. The number of nitrogens with one attached hydrogen (secondary N) is 1. The molecule has 15 heavy (non-hydrogen) atoms. The van der Waals surface area contributed by atoms with Crippen LogP contribution in [0.2, 0.25) is 0 Å². The van der Waals surface area contributed by atoms with Crippen LogP contribution < -0.4 is 17.0 Å². The van der Waals surface area contributed by atoms with Crippen LogP contribution in [0.3, 0.4) is 0 Å². The van der Waals surface area contributed by atoms with Crippen molar-refractivity contribution in [3.05, 3.63) is 22.9 Å². The predicted molar refractivity (Wildman–Crippen MR) is 56.9 cm³/mol. The number of hydrogen-bond acceptors (Lipinski definition) is 4. The highest BCUT2D eigenvalue weighted by molar-refractivity contribution is 5.98. The summed E-state index contributed by atoms with van der Waals surface area (Å²) < 4.78 is 0. The third-order valence-corrected chi connectivity index (χ3v) is 2.71. The summed E-state index contributed by atoms with van der Waals surface area (Å²) in [6.07, 6.45) is 4.20. The molecule has 1 aromatic rings. The number of carbonyl (C=O) groups is 1. The number of fused-ring (bicyclic) bond motifs is 1. The number of nitrogens with zero attached hydrogens (tertiary/aromatic N) is 1. The van der Waals surface area contributed by atoms with Crippen LogP contribution in [0.5, 0.6) is 0 Å². The number of amides is 1. The van der Waals surface area contributed by atoms with Gasteiger partial charge in [-0.05, 0) is 37.3 Å². The van der Waals surface area contributed by atoms with Gasteiger partial charge in [-0.15, -0.1) is 0 Å². The van der Waals surface area contributed by atoms with Crippen molar-refractivity contribution in [2.45, 2.75) is 25.7 Å². The average molecular weight is 206 g/mol. The van der Waals surface area contributed by atoms with Gasteiger partial charge in [0.2, 0.25) is 0 Å². The number of rotatable bonds is 1. The normalized spacial score (nSPS) is 14.5. The van der Waals surface area contributed by atoms with Crippen LogP contribution in [0, 0.1) is 0 Å². The molecule has 1 aliphatic carbocycles. The first kappa shape index (κ1) is 9.92. The summed E-state index contributed by atoms with van der Waals surface area (Å²) in [5.41, 5.74) is 10.3. The van der Waals surface area contributed by atoms with E-state index < -0.39 is 0 Å². The van der Waals surface area contributed by atoms with E-state index in [9.17, 15) is 4.79 Å². The van der Waals surface area contributed by atoms with Gasteiger partial charge < -0.3 is 5.73 Å². The summed E-state index contributed by atoms with van der Waals surface area (Å²) in [6, 6.07) is 1.80. The monoisotopic (exact) mass is 206 g/mol. The second-order valence-electron chi connectivity index (χ2n) is 3.71. The van der Waals surface area contributed by atoms with Crippen molar-refractivity contribution in [1.29, 1.82) is 0 Å². The molecule has 0 fully saturated rings. The lowest BCUT2D eigenvalue weighted by molar-refractivity contribution is 0.0954. The molecule has 5 heteroatoms. The maximum atomic E-state index is 11.4. The molecule has 2 rings (SSSR count). The lowest BCUT2D eigenvalue weighted by atomic mass is 9.94. The highest BCUT2D eigenvalue weighted by Gasteiger charge is 2.16. The molecule has 0 saturated carbocycles. The lowest BCUT2D eigenvalue weighted by Crippen LogP contribution is -2.31. The summed E-state index contributed by atoms with van der Waals surface area (Å²) in [5.74, 6) is 4.95. The van der Waals surface area contributed by atoms with E-state index in [1.165, 1.54) is 0 Å². The van der Waals surface area contributed by atoms with E-state index in [-0.39, 0.29) is 11.7 Å². The van der Waals surface area contributed by atoms with Gasteiger partial charge in [-0.25, -0.2) is 10.8 Å². The van der Waals surface area contributed by atoms with E-state index in [2.05, 4.69) is 10.4 Å². The molecule has 5 N–H and O–H groups in total. The van der Waals surface area contributed by atoms with Gasteiger partial charge in [0.1, 0.15) is 5.82 Å². The molecule has 0 unspecified atom stereocenters. The Morgan fingerprint density at radius 1 is 1.40 bits per heavy atom. The molecule has 0 aromatic carbocycles. The van der Waals surface area contributed by atoms with Crippen molar-refractivity contribution in [2.75, 3.05) is 5.73 Å². The fourth-order valence-corrected chi connectivity index (χ4v) is 1.91. The lowest BCUT2D eigenvalue weighted by Gasteiger charge is -2.16. The highest BCUT2D eigenvalue weighted by atomic mass is 16.2. The van der Waals surface area contributed by atoms with Crippen LogP contribution >= 0.6 is 0 Å². The average Bonchev–Trinajstić information content (AvgIpc) is 2.27. The van der Waals surface area contributed by atoms with Gasteiger partial charge in [-0.2, -0.15) is 0 Å². The van der Waals surface area contributed by atoms with Crippen molar-refractivity contribution >= 4 is 11.7 Å². The zero-order valence-electron chi connectivity index (χ0n) is 8.42. The van der Waals surface area contributed by atoms with E-state index in [1.807, 2.05) is 0 Å². The maximum absolute atomic E-state index is 11.4. The Hall–Kier alpha value is -1.62. The summed E-state index contributed by atoms with van der Waals surface area (Å²) >= 11 is 0. The molecule has 1 amide bonds. The molecular formula is C10H14N4O. The molecule has 0 bridgehead atoms. The largest absolute Gasteiger partial charge is 0.383 e. The first-order chi connectivity index (χ1) is 7.22. The number of anilines is 1. The van der Waals surface area contributed by atoms with E-state index in [0.29, 0.717) is 5.56 Å². The van der Waals surface area contributed by atoms with Gasteiger partial charge in [-0.3, -0.25) is 10.2 Å². The van der Waals surface area contributed by atoms with E-state index in [4.69, 9.17) is 11.6 Å². The number of aromatic nitrogens is 1. The summed E-state index contributed by atoms with van der Waals surface area (Å²) in [5, 5.41) is 0. The molecule has 0 saturated heterocycles. The standard InChI is InChI=1S/C10H14N4O/c11-9-7(10(15)14-12)5-6-3-1-2-4-8(6)13-9/h5H,1-4,12H2,(H2,11,13)(H,14,15). The number of carbonyl (C=O) groups excluding carboxylic acids is 1. The number of nitrogen functional groups attached to an aromatic ring is 2. The van der Waals surface area contributed by atoms with Gasteiger partial charge in [0.05, 0.1) is 5.56 Å². The third-order valence-electron chi connectivity index (χ3n) is 2.71. The molecule has 0 radical (unpaired) electrons. The van der Waals surface area contributed by atoms with Gasteiger partial charge >= 0.3 is 0 Å². The van der Waals surface area contributed by atoms with Gasteiger partial charge in [0.25, 0.3) is 5.91 Å².